The van der Waals surface area contributed by atoms with E-state index >= 15 is 0 Å². The molecule has 15 heavy (non-hydrogen) atoms. The van der Waals surface area contributed by atoms with Gasteiger partial charge >= 0.3 is 0 Å². The van der Waals surface area contributed by atoms with Gasteiger partial charge in [-0.25, -0.2) is 0 Å². The number of allylic oxidation sites excluding steroid dienone is 3. The molecule has 2 heteroatoms. The summed E-state index contributed by atoms with van der Waals surface area (Å²) in [5, 5.41) is 7.18. The number of hydrogen-bond acceptors (Lipinski definition) is 2. The standard InChI is InChI=1S/C13H24N2/c1-4-6-11-14-13(3,5-2)15-12-9-7-8-10-12/h7-9,14-15H,4-6,10-11H2,1-3H3. The molecule has 0 aromatic heterocycles. The Labute approximate surface area is 93.8 Å². The smallest absolute Gasteiger partial charge is 0.0847 e. The Morgan fingerprint density at radius 2 is 2.20 bits per heavy atom. The van der Waals surface area contributed by atoms with E-state index in [1.165, 1.54) is 18.5 Å². The van der Waals surface area contributed by atoms with Crippen molar-refractivity contribution in [2.24, 2.45) is 0 Å². The Balaban J connectivity index is 2.37. The monoisotopic (exact) mass is 208 g/mol. The third kappa shape index (κ3) is 4.08. The average molecular weight is 208 g/mol. The van der Waals surface area contributed by atoms with E-state index in [4.69, 9.17) is 0 Å². The van der Waals surface area contributed by atoms with Crippen LogP contribution in [-0.4, -0.2) is 12.2 Å². The number of unbranched alkanes of at least 4 members (excludes halogenated alkanes) is 1. The first kappa shape index (κ1) is 12.3. The first-order chi connectivity index (χ1) is 7.20. The molecule has 0 saturated carbocycles. The van der Waals surface area contributed by atoms with Crippen LogP contribution in [0.4, 0.5) is 0 Å². The number of rotatable bonds is 7. The molecule has 1 aliphatic rings. The topological polar surface area (TPSA) is 24.1 Å². The van der Waals surface area contributed by atoms with E-state index in [0.29, 0.717) is 0 Å². The van der Waals surface area contributed by atoms with Crippen LogP contribution in [0.2, 0.25) is 0 Å². The predicted octanol–water partition coefficient (Wildman–Crippen LogP) is 2.94. The lowest BCUT2D eigenvalue weighted by atomic mass is 10.1. The lowest BCUT2D eigenvalue weighted by Gasteiger charge is -2.33. The van der Waals surface area contributed by atoms with Gasteiger partial charge in [0, 0.05) is 12.1 Å². The number of hydrogen-bond donors (Lipinski definition) is 2. The zero-order chi connectivity index (χ0) is 11.1. The van der Waals surface area contributed by atoms with Gasteiger partial charge in [-0.05, 0) is 32.4 Å². The van der Waals surface area contributed by atoms with Gasteiger partial charge in [0.1, 0.15) is 0 Å². The van der Waals surface area contributed by atoms with Crippen LogP contribution >= 0.6 is 0 Å². The van der Waals surface area contributed by atoms with Crippen LogP contribution in [0.25, 0.3) is 0 Å². The number of nitrogens with one attached hydrogen (secondary N) is 2. The van der Waals surface area contributed by atoms with E-state index in [1.54, 1.807) is 0 Å². The summed E-state index contributed by atoms with van der Waals surface area (Å²) in [5.74, 6) is 0. The molecule has 2 nitrogen and oxygen atoms in total. The van der Waals surface area contributed by atoms with Gasteiger partial charge in [0.15, 0.2) is 0 Å². The van der Waals surface area contributed by atoms with Crippen LogP contribution in [-0.2, 0) is 0 Å². The van der Waals surface area contributed by atoms with Gasteiger partial charge in [-0.1, -0.05) is 32.4 Å². The van der Waals surface area contributed by atoms with Gasteiger partial charge in [-0.3, -0.25) is 5.32 Å². The van der Waals surface area contributed by atoms with E-state index in [-0.39, 0.29) is 5.66 Å². The summed E-state index contributed by atoms with van der Waals surface area (Å²) in [5.41, 5.74) is 1.37. The highest BCUT2D eigenvalue weighted by atomic mass is 15.2. The van der Waals surface area contributed by atoms with E-state index in [0.717, 1.165) is 19.4 Å². The minimum atomic E-state index is 0.0486. The fourth-order valence-corrected chi connectivity index (χ4v) is 1.69. The molecule has 0 bridgehead atoms. The molecule has 0 fully saturated rings. The van der Waals surface area contributed by atoms with Gasteiger partial charge in [-0.15, -0.1) is 0 Å². The zero-order valence-corrected chi connectivity index (χ0v) is 10.3. The van der Waals surface area contributed by atoms with E-state index < -0.39 is 0 Å². The zero-order valence-electron chi connectivity index (χ0n) is 10.3. The van der Waals surface area contributed by atoms with Crippen molar-refractivity contribution in [1.29, 1.82) is 0 Å². The van der Waals surface area contributed by atoms with Crippen molar-refractivity contribution in [3.63, 3.8) is 0 Å². The summed E-state index contributed by atoms with van der Waals surface area (Å²) in [4.78, 5) is 0. The third-order valence-corrected chi connectivity index (χ3v) is 2.96. The molecule has 2 N–H and O–H groups in total. The van der Waals surface area contributed by atoms with Crippen molar-refractivity contribution in [3.8, 4) is 0 Å². The Bertz CT molecular complexity index is 243. The Hall–Kier alpha value is -0.760. The highest BCUT2D eigenvalue weighted by Crippen LogP contribution is 2.13. The molecular formula is C13H24N2. The van der Waals surface area contributed by atoms with E-state index in [1.807, 2.05) is 0 Å². The SMILES string of the molecule is CCCCNC(C)(CC)NC1=CC=CC1. The average Bonchev–Trinajstić information content (AvgIpc) is 2.71. The molecule has 1 aliphatic carbocycles. The van der Waals surface area contributed by atoms with Gasteiger partial charge in [0.05, 0.1) is 5.66 Å². The normalized spacial score (nSPS) is 18.7. The van der Waals surface area contributed by atoms with Gasteiger partial charge in [0.2, 0.25) is 0 Å². The first-order valence-electron chi connectivity index (χ1n) is 6.09. The molecule has 0 saturated heterocycles. The third-order valence-electron chi connectivity index (χ3n) is 2.96. The molecular weight excluding hydrogens is 184 g/mol. The van der Waals surface area contributed by atoms with Crippen LogP contribution in [0.1, 0.15) is 46.5 Å². The van der Waals surface area contributed by atoms with Crippen molar-refractivity contribution < 1.29 is 0 Å². The molecule has 1 atom stereocenters. The second-order valence-electron chi connectivity index (χ2n) is 4.42. The Morgan fingerprint density at radius 3 is 2.73 bits per heavy atom. The Morgan fingerprint density at radius 1 is 1.40 bits per heavy atom. The Kier molecular flexibility index (Phi) is 4.89. The fraction of sp³-hybridized carbons (Fsp3) is 0.692. The van der Waals surface area contributed by atoms with Gasteiger partial charge in [-0.2, -0.15) is 0 Å². The van der Waals surface area contributed by atoms with Crippen molar-refractivity contribution in [2.45, 2.75) is 52.1 Å². The maximum Gasteiger partial charge on any atom is 0.0847 e. The highest BCUT2D eigenvalue weighted by molar-refractivity contribution is 5.22. The molecule has 0 radical (unpaired) electrons. The fourth-order valence-electron chi connectivity index (χ4n) is 1.69. The molecule has 0 aromatic carbocycles. The second kappa shape index (κ2) is 5.96. The maximum absolute atomic E-state index is 3.59. The van der Waals surface area contributed by atoms with Crippen LogP contribution in [0.5, 0.6) is 0 Å². The van der Waals surface area contributed by atoms with Gasteiger partial charge < -0.3 is 5.32 Å². The van der Waals surface area contributed by atoms with Crippen LogP contribution in [0.15, 0.2) is 23.9 Å². The molecule has 1 unspecified atom stereocenters. The molecule has 0 amide bonds. The van der Waals surface area contributed by atoms with Crippen molar-refractivity contribution in [3.05, 3.63) is 23.9 Å². The first-order valence-corrected chi connectivity index (χ1v) is 6.09. The minimum absolute atomic E-state index is 0.0486. The van der Waals surface area contributed by atoms with Crippen molar-refractivity contribution in [2.75, 3.05) is 6.54 Å². The largest absolute Gasteiger partial charge is 0.371 e. The summed E-state index contributed by atoms with van der Waals surface area (Å²) < 4.78 is 0. The molecule has 0 aromatic rings. The molecule has 86 valence electrons. The summed E-state index contributed by atoms with van der Waals surface area (Å²) >= 11 is 0. The second-order valence-corrected chi connectivity index (χ2v) is 4.42. The van der Waals surface area contributed by atoms with E-state index in [9.17, 15) is 0 Å². The lowest BCUT2D eigenvalue weighted by molar-refractivity contribution is 0.293. The quantitative estimate of drug-likeness (QED) is 0.496. The molecule has 0 spiro atoms. The summed E-state index contributed by atoms with van der Waals surface area (Å²) in [6.07, 6.45) is 11.1. The van der Waals surface area contributed by atoms with Crippen LogP contribution in [0, 0.1) is 0 Å². The molecule has 1 rings (SSSR count). The maximum atomic E-state index is 3.59. The highest BCUT2D eigenvalue weighted by Gasteiger charge is 2.21. The summed E-state index contributed by atoms with van der Waals surface area (Å²) in [6.45, 7) is 7.77. The van der Waals surface area contributed by atoms with Crippen molar-refractivity contribution in [1.82, 2.24) is 10.6 Å². The van der Waals surface area contributed by atoms with Gasteiger partial charge in [0.25, 0.3) is 0 Å². The molecule has 0 heterocycles. The van der Waals surface area contributed by atoms with Crippen molar-refractivity contribution >= 4 is 0 Å². The minimum Gasteiger partial charge on any atom is -0.371 e. The summed E-state index contributed by atoms with van der Waals surface area (Å²) in [7, 11) is 0. The van der Waals surface area contributed by atoms with E-state index in [2.05, 4.69) is 49.6 Å². The van der Waals surface area contributed by atoms with Crippen LogP contribution < -0.4 is 10.6 Å². The predicted molar refractivity (Wildman–Crippen MR) is 66.6 cm³/mol. The lowest BCUT2D eigenvalue weighted by Crippen LogP contribution is -2.53. The van der Waals surface area contributed by atoms with Crippen LogP contribution in [0.3, 0.4) is 0 Å². The summed E-state index contributed by atoms with van der Waals surface area (Å²) in [6, 6.07) is 0. The molecule has 0 aliphatic heterocycles.